The van der Waals surface area contributed by atoms with Crippen LogP contribution in [0.25, 0.3) is 11.0 Å². The number of ether oxygens (including phenoxy) is 1. The lowest BCUT2D eigenvalue weighted by Crippen LogP contribution is -2.53. The normalized spacial score (nSPS) is 33.7. The lowest BCUT2D eigenvalue weighted by atomic mass is 9.48. The van der Waals surface area contributed by atoms with Crippen molar-refractivity contribution < 1.29 is 13.9 Å². The van der Waals surface area contributed by atoms with E-state index in [4.69, 9.17) is 9.15 Å². The van der Waals surface area contributed by atoms with Gasteiger partial charge < -0.3 is 9.15 Å². The first-order chi connectivity index (χ1) is 12.8. The van der Waals surface area contributed by atoms with Gasteiger partial charge in [-0.25, -0.2) is 4.79 Å². The summed E-state index contributed by atoms with van der Waals surface area (Å²) < 4.78 is 11.5. The summed E-state index contributed by atoms with van der Waals surface area (Å²) in [6.07, 6.45) is 5.04. The van der Waals surface area contributed by atoms with E-state index in [1.165, 1.54) is 6.07 Å². The van der Waals surface area contributed by atoms with E-state index >= 15 is 0 Å². The van der Waals surface area contributed by atoms with E-state index in [0.717, 1.165) is 36.8 Å². The van der Waals surface area contributed by atoms with Crippen LogP contribution in [0.2, 0.25) is 0 Å². The number of carbonyl (C=O) groups is 1. The Bertz CT molecular complexity index is 929. The van der Waals surface area contributed by atoms with E-state index in [0.29, 0.717) is 30.3 Å². The zero-order valence-corrected chi connectivity index (χ0v) is 16.4. The second kappa shape index (κ2) is 6.50. The smallest absolute Gasteiger partial charge is 0.336 e. The Kier molecular flexibility index (Phi) is 4.40. The maximum Gasteiger partial charge on any atom is 0.336 e. The summed E-state index contributed by atoms with van der Waals surface area (Å²) >= 11 is 0. The Labute approximate surface area is 159 Å². The van der Waals surface area contributed by atoms with Gasteiger partial charge in [-0.3, -0.25) is 4.79 Å². The maximum absolute atomic E-state index is 12.3. The number of Topliss-reactive ketones (excluding diaryl/α,β-unsaturated/α-hetero) is 1. The molecule has 2 aliphatic rings. The fourth-order valence-electron chi connectivity index (χ4n) is 5.64. The number of hydrogen-bond acceptors (Lipinski definition) is 4. The van der Waals surface area contributed by atoms with Gasteiger partial charge >= 0.3 is 5.63 Å². The summed E-state index contributed by atoms with van der Waals surface area (Å²) in [6, 6.07) is 8.84. The highest BCUT2D eigenvalue weighted by Gasteiger charge is 2.54. The highest BCUT2D eigenvalue weighted by Crippen LogP contribution is 2.59. The van der Waals surface area contributed by atoms with Crippen LogP contribution in [-0.4, -0.2) is 12.4 Å². The molecule has 1 aromatic carbocycles. The van der Waals surface area contributed by atoms with E-state index in [9.17, 15) is 9.59 Å². The van der Waals surface area contributed by atoms with Gasteiger partial charge in [-0.05, 0) is 48.8 Å². The highest BCUT2D eigenvalue weighted by molar-refractivity contribution is 5.82. The van der Waals surface area contributed by atoms with Crippen LogP contribution in [0.3, 0.4) is 0 Å². The zero-order chi connectivity index (χ0) is 19.2. The minimum Gasteiger partial charge on any atom is -0.493 e. The van der Waals surface area contributed by atoms with Crippen LogP contribution < -0.4 is 10.4 Å². The quantitative estimate of drug-likeness (QED) is 0.717. The van der Waals surface area contributed by atoms with Crippen molar-refractivity contribution in [1.29, 1.82) is 0 Å². The molecule has 2 aliphatic carbocycles. The molecule has 4 nitrogen and oxygen atoms in total. The molecule has 0 bridgehead atoms. The molecule has 0 amide bonds. The molecule has 4 rings (SSSR count). The molecule has 4 heteroatoms. The van der Waals surface area contributed by atoms with E-state index in [-0.39, 0.29) is 22.4 Å². The summed E-state index contributed by atoms with van der Waals surface area (Å²) in [4.78, 5) is 23.8. The minimum absolute atomic E-state index is 0.0500. The van der Waals surface area contributed by atoms with E-state index in [1.54, 1.807) is 12.1 Å². The van der Waals surface area contributed by atoms with Gasteiger partial charge in [0.25, 0.3) is 0 Å². The van der Waals surface area contributed by atoms with E-state index < -0.39 is 0 Å². The molecule has 27 heavy (non-hydrogen) atoms. The van der Waals surface area contributed by atoms with Crippen LogP contribution in [-0.2, 0) is 4.79 Å². The van der Waals surface area contributed by atoms with Crippen molar-refractivity contribution in [3.8, 4) is 5.75 Å². The molecule has 0 unspecified atom stereocenters. The number of carbonyl (C=O) groups excluding carboxylic acids is 1. The molecule has 144 valence electrons. The molecular formula is C23H28O4. The molecule has 2 saturated carbocycles. The molecule has 1 aromatic heterocycles. The Morgan fingerprint density at radius 1 is 1.15 bits per heavy atom. The highest BCUT2D eigenvalue weighted by atomic mass is 16.5. The fourth-order valence-corrected chi connectivity index (χ4v) is 5.64. The first-order valence-electron chi connectivity index (χ1n) is 10.0. The van der Waals surface area contributed by atoms with Crippen LogP contribution in [0.4, 0.5) is 0 Å². The fraction of sp³-hybridized carbons (Fsp3) is 0.565. The first kappa shape index (κ1) is 18.3. The number of hydrogen-bond donors (Lipinski definition) is 0. The van der Waals surface area contributed by atoms with E-state index in [2.05, 4.69) is 20.8 Å². The third-order valence-electron chi connectivity index (χ3n) is 7.42. The van der Waals surface area contributed by atoms with Gasteiger partial charge in [-0.15, -0.1) is 0 Å². The number of ketones is 1. The van der Waals surface area contributed by atoms with Gasteiger partial charge in [0, 0.05) is 35.3 Å². The van der Waals surface area contributed by atoms with Crippen molar-refractivity contribution in [2.24, 2.45) is 22.7 Å². The zero-order valence-electron chi connectivity index (χ0n) is 16.4. The number of fused-ring (bicyclic) bond motifs is 2. The molecule has 2 fully saturated rings. The molecule has 1 heterocycles. The second-order valence-corrected chi connectivity index (χ2v) is 9.04. The van der Waals surface area contributed by atoms with Gasteiger partial charge in [-0.1, -0.05) is 27.2 Å². The van der Waals surface area contributed by atoms with Crippen LogP contribution in [0, 0.1) is 22.7 Å². The monoisotopic (exact) mass is 368 g/mol. The Hall–Kier alpha value is -2.10. The average molecular weight is 368 g/mol. The van der Waals surface area contributed by atoms with Crippen LogP contribution in [0.1, 0.15) is 52.9 Å². The molecular weight excluding hydrogens is 340 g/mol. The molecule has 4 atom stereocenters. The topological polar surface area (TPSA) is 56.5 Å². The van der Waals surface area contributed by atoms with Crippen LogP contribution in [0.5, 0.6) is 5.75 Å². The van der Waals surface area contributed by atoms with Gasteiger partial charge in [0.1, 0.15) is 17.1 Å². The van der Waals surface area contributed by atoms with E-state index in [1.807, 2.05) is 12.1 Å². The lowest BCUT2D eigenvalue weighted by molar-refractivity contribution is -0.144. The molecule has 0 saturated heterocycles. The Morgan fingerprint density at radius 3 is 2.74 bits per heavy atom. The average Bonchev–Trinajstić information content (AvgIpc) is 2.64. The summed E-state index contributed by atoms with van der Waals surface area (Å²) in [5.41, 5.74) is 0.321. The summed E-state index contributed by atoms with van der Waals surface area (Å²) in [6.45, 7) is 7.36. The molecule has 0 N–H and O–H groups in total. The molecule has 0 radical (unpaired) electrons. The Balaban J connectivity index is 1.56. The number of benzene rings is 1. The molecule has 2 aromatic rings. The third-order valence-corrected chi connectivity index (χ3v) is 7.42. The number of rotatable bonds is 3. The van der Waals surface area contributed by atoms with Crippen molar-refractivity contribution in [3.63, 3.8) is 0 Å². The standard InChI is InChI=1S/C23H28O4/c1-15-18(24)8-9-20-22(2,11-4-12-23(15,20)3)14-26-17-7-5-16-6-10-21(25)27-19(16)13-17/h5-7,10,13,15,20H,4,8-9,11-12,14H2,1-3H3/t15-,20+,22+,23-/m1/s1. The van der Waals surface area contributed by atoms with Gasteiger partial charge in [0.15, 0.2) is 0 Å². The molecule has 0 spiro atoms. The maximum atomic E-state index is 12.3. The van der Waals surface area contributed by atoms with Gasteiger partial charge in [0.05, 0.1) is 6.61 Å². The van der Waals surface area contributed by atoms with Gasteiger partial charge in [-0.2, -0.15) is 0 Å². The summed E-state index contributed by atoms with van der Waals surface area (Å²) in [5.74, 6) is 1.77. The predicted molar refractivity (Wildman–Crippen MR) is 105 cm³/mol. The molecule has 0 aliphatic heterocycles. The van der Waals surface area contributed by atoms with Crippen molar-refractivity contribution in [1.82, 2.24) is 0 Å². The largest absolute Gasteiger partial charge is 0.493 e. The van der Waals surface area contributed by atoms with Gasteiger partial charge in [0.2, 0.25) is 0 Å². The SMILES string of the molecule is C[C@@H]1C(=O)CC[C@H]2[C@](C)(COc3ccc4ccc(=O)oc4c3)CCC[C@]12C. The van der Waals surface area contributed by atoms with Crippen LogP contribution >= 0.6 is 0 Å². The third kappa shape index (κ3) is 3.09. The first-order valence-corrected chi connectivity index (χ1v) is 10.0. The van der Waals surface area contributed by atoms with Crippen molar-refractivity contribution in [2.75, 3.05) is 6.61 Å². The van der Waals surface area contributed by atoms with Crippen molar-refractivity contribution >= 4 is 16.8 Å². The van der Waals surface area contributed by atoms with Crippen LogP contribution in [0.15, 0.2) is 39.5 Å². The Morgan fingerprint density at radius 2 is 1.93 bits per heavy atom. The summed E-state index contributed by atoms with van der Waals surface area (Å²) in [5, 5.41) is 0.887. The van der Waals surface area contributed by atoms with Crippen molar-refractivity contribution in [3.05, 3.63) is 40.8 Å². The lowest BCUT2D eigenvalue weighted by Gasteiger charge is -2.56. The predicted octanol–water partition coefficient (Wildman–Crippen LogP) is 4.98. The van der Waals surface area contributed by atoms with Crippen molar-refractivity contribution in [2.45, 2.75) is 52.9 Å². The minimum atomic E-state index is -0.351. The summed E-state index contributed by atoms with van der Waals surface area (Å²) in [7, 11) is 0. The second-order valence-electron chi connectivity index (χ2n) is 9.04.